The first-order valence-corrected chi connectivity index (χ1v) is 6.37. The highest BCUT2D eigenvalue weighted by atomic mass is 35.5. The third-order valence-electron chi connectivity index (χ3n) is 2.26. The number of Topliss-reactive ketones (excluding diaryl/α,β-unsaturated/α-hetero) is 1. The van der Waals surface area contributed by atoms with Crippen molar-refractivity contribution in [3.63, 3.8) is 0 Å². The van der Waals surface area contributed by atoms with Crippen molar-refractivity contribution in [1.29, 1.82) is 0 Å². The normalized spacial score (nSPS) is 12.2. The van der Waals surface area contributed by atoms with Gasteiger partial charge in [0.15, 0.2) is 0 Å². The summed E-state index contributed by atoms with van der Waals surface area (Å²) >= 11 is 11.5. The summed E-state index contributed by atoms with van der Waals surface area (Å²) in [7, 11) is 0. The van der Waals surface area contributed by atoms with E-state index in [2.05, 4.69) is 4.74 Å². The molecule has 0 saturated carbocycles. The van der Waals surface area contributed by atoms with Crippen molar-refractivity contribution >= 4 is 41.0 Å². The SMILES string of the molecule is CCOC(=O)/C(=C/c1ccc(Cl)cc1Cl)C(=O)C(F)(F)F. The average Bonchev–Trinajstić information content (AvgIpc) is 2.36. The molecule has 0 radical (unpaired) electrons. The molecule has 21 heavy (non-hydrogen) atoms. The summed E-state index contributed by atoms with van der Waals surface area (Å²) in [6.07, 6.45) is -4.47. The molecule has 0 fully saturated rings. The van der Waals surface area contributed by atoms with E-state index in [9.17, 15) is 22.8 Å². The number of benzene rings is 1. The van der Waals surface area contributed by atoms with Gasteiger partial charge in [0.25, 0.3) is 5.78 Å². The Kier molecular flexibility index (Phi) is 5.80. The minimum atomic E-state index is -5.20. The van der Waals surface area contributed by atoms with E-state index in [0.29, 0.717) is 0 Å². The van der Waals surface area contributed by atoms with E-state index in [1.165, 1.54) is 25.1 Å². The minimum absolute atomic E-state index is 0.000673. The summed E-state index contributed by atoms with van der Waals surface area (Å²) in [5.41, 5.74) is -1.10. The number of rotatable bonds is 4. The molecule has 1 aromatic carbocycles. The summed E-state index contributed by atoms with van der Waals surface area (Å²) in [4.78, 5) is 22.8. The van der Waals surface area contributed by atoms with Crippen molar-refractivity contribution < 1.29 is 27.5 Å². The third-order valence-corrected chi connectivity index (χ3v) is 2.82. The van der Waals surface area contributed by atoms with Gasteiger partial charge in [-0.25, -0.2) is 4.79 Å². The number of hydrogen-bond donors (Lipinski definition) is 0. The molecule has 0 aliphatic rings. The number of esters is 1. The molecular formula is C13H9Cl2F3O3. The van der Waals surface area contributed by atoms with Gasteiger partial charge in [-0.15, -0.1) is 0 Å². The van der Waals surface area contributed by atoms with Crippen LogP contribution in [0.15, 0.2) is 23.8 Å². The zero-order valence-corrected chi connectivity index (χ0v) is 12.1. The van der Waals surface area contributed by atoms with Crippen molar-refractivity contribution in [1.82, 2.24) is 0 Å². The van der Waals surface area contributed by atoms with E-state index < -0.39 is 23.5 Å². The second-order valence-corrected chi connectivity index (χ2v) is 4.61. The predicted molar refractivity (Wildman–Crippen MR) is 72.1 cm³/mol. The summed E-state index contributed by atoms with van der Waals surface area (Å²) in [6, 6.07) is 3.92. The van der Waals surface area contributed by atoms with Crippen LogP contribution < -0.4 is 0 Å². The lowest BCUT2D eigenvalue weighted by atomic mass is 10.1. The van der Waals surface area contributed by atoms with Crippen LogP contribution in [0.2, 0.25) is 10.0 Å². The van der Waals surface area contributed by atoms with Gasteiger partial charge < -0.3 is 4.74 Å². The molecule has 0 N–H and O–H groups in total. The lowest BCUT2D eigenvalue weighted by Crippen LogP contribution is -2.29. The Morgan fingerprint density at radius 3 is 2.38 bits per heavy atom. The molecule has 8 heteroatoms. The number of hydrogen-bond acceptors (Lipinski definition) is 3. The van der Waals surface area contributed by atoms with Crippen molar-refractivity contribution in [2.75, 3.05) is 6.61 Å². The van der Waals surface area contributed by atoms with E-state index in [0.717, 1.165) is 6.08 Å². The highest BCUT2D eigenvalue weighted by molar-refractivity contribution is 6.36. The van der Waals surface area contributed by atoms with Crippen molar-refractivity contribution in [2.45, 2.75) is 13.1 Å². The molecule has 0 atom stereocenters. The van der Waals surface area contributed by atoms with Crippen LogP contribution in [0, 0.1) is 0 Å². The van der Waals surface area contributed by atoms with Crippen LogP contribution >= 0.6 is 23.2 Å². The maximum atomic E-state index is 12.5. The molecule has 0 aliphatic carbocycles. The smallest absolute Gasteiger partial charge is 0.455 e. The fourth-order valence-electron chi connectivity index (χ4n) is 1.35. The first kappa shape index (κ1) is 17.5. The maximum Gasteiger partial charge on any atom is 0.455 e. The number of alkyl halides is 3. The van der Waals surface area contributed by atoms with Gasteiger partial charge in [0, 0.05) is 10.0 Å². The Balaban J connectivity index is 3.32. The third kappa shape index (κ3) is 4.75. The van der Waals surface area contributed by atoms with Gasteiger partial charge in [0.1, 0.15) is 5.57 Å². The quantitative estimate of drug-likeness (QED) is 0.359. The monoisotopic (exact) mass is 340 g/mol. The molecular weight excluding hydrogens is 332 g/mol. The number of halogens is 5. The van der Waals surface area contributed by atoms with E-state index >= 15 is 0 Å². The molecule has 114 valence electrons. The molecule has 3 nitrogen and oxygen atoms in total. The molecule has 0 saturated heterocycles. The molecule has 1 rings (SSSR count). The zero-order valence-electron chi connectivity index (χ0n) is 10.6. The fourth-order valence-corrected chi connectivity index (χ4v) is 1.82. The van der Waals surface area contributed by atoms with E-state index in [4.69, 9.17) is 23.2 Å². The predicted octanol–water partition coefficient (Wildman–Crippen LogP) is 4.07. The summed E-state index contributed by atoms with van der Waals surface area (Å²) in [5.74, 6) is -3.67. The van der Waals surface area contributed by atoms with Crippen LogP contribution in [0.5, 0.6) is 0 Å². The van der Waals surface area contributed by atoms with Crippen molar-refractivity contribution in [3.05, 3.63) is 39.4 Å². The zero-order chi connectivity index (χ0) is 16.2. The Morgan fingerprint density at radius 1 is 1.29 bits per heavy atom. The molecule has 0 amide bonds. The second kappa shape index (κ2) is 6.95. The van der Waals surface area contributed by atoms with Crippen LogP contribution in [0.1, 0.15) is 12.5 Å². The number of ether oxygens (including phenoxy) is 1. The fraction of sp³-hybridized carbons (Fsp3) is 0.231. The average molecular weight is 341 g/mol. The van der Waals surface area contributed by atoms with Crippen molar-refractivity contribution in [2.24, 2.45) is 0 Å². The summed E-state index contributed by atoms with van der Waals surface area (Å²) < 4.78 is 42.0. The molecule has 0 unspecified atom stereocenters. The number of carbonyl (C=O) groups is 2. The first-order chi connectivity index (χ1) is 9.66. The maximum absolute atomic E-state index is 12.5. The van der Waals surface area contributed by atoms with E-state index in [-0.39, 0.29) is 22.2 Å². The minimum Gasteiger partial charge on any atom is -0.462 e. The van der Waals surface area contributed by atoms with Gasteiger partial charge in [-0.1, -0.05) is 29.3 Å². The summed E-state index contributed by atoms with van der Waals surface area (Å²) in [6.45, 7) is 1.23. The second-order valence-electron chi connectivity index (χ2n) is 3.77. The molecule has 0 spiro atoms. The lowest BCUT2D eigenvalue weighted by molar-refractivity contribution is -0.168. The van der Waals surface area contributed by atoms with Crippen LogP contribution in [0.3, 0.4) is 0 Å². The highest BCUT2D eigenvalue weighted by Gasteiger charge is 2.43. The van der Waals surface area contributed by atoms with Gasteiger partial charge in [0.2, 0.25) is 0 Å². The van der Waals surface area contributed by atoms with E-state index in [1.54, 1.807) is 0 Å². The number of ketones is 1. The van der Waals surface area contributed by atoms with Gasteiger partial charge in [-0.2, -0.15) is 13.2 Å². The van der Waals surface area contributed by atoms with Gasteiger partial charge >= 0.3 is 12.1 Å². The van der Waals surface area contributed by atoms with E-state index in [1.807, 2.05) is 0 Å². The molecule has 0 aliphatic heterocycles. The Labute approximate surface area is 128 Å². The van der Waals surface area contributed by atoms with Crippen LogP contribution in [0.25, 0.3) is 6.08 Å². The van der Waals surface area contributed by atoms with Gasteiger partial charge in [-0.3, -0.25) is 4.79 Å². The molecule has 0 bridgehead atoms. The van der Waals surface area contributed by atoms with Crippen molar-refractivity contribution in [3.8, 4) is 0 Å². The Bertz CT molecular complexity index is 595. The van der Waals surface area contributed by atoms with Crippen LogP contribution in [-0.4, -0.2) is 24.5 Å². The lowest BCUT2D eigenvalue weighted by Gasteiger charge is -2.09. The standard InChI is InChI=1S/C13H9Cl2F3O3/c1-2-21-12(20)9(11(19)13(16,17)18)5-7-3-4-8(14)6-10(7)15/h3-6H,2H2,1H3/b9-5+. The topological polar surface area (TPSA) is 43.4 Å². The molecule has 0 heterocycles. The first-order valence-electron chi connectivity index (χ1n) is 5.62. The van der Waals surface area contributed by atoms with Gasteiger partial charge in [0.05, 0.1) is 6.61 Å². The van der Waals surface area contributed by atoms with Gasteiger partial charge in [-0.05, 0) is 30.7 Å². The Hall–Kier alpha value is -1.53. The van der Waals surface area contributed by atoms with Crippen LogP contribution in [-0.2, 0) is 14.3 Å². The molecule has 1 aromatic rings. The molecule has 0 aromatic heterocycles. The number of carbonyl (C=O) groups excluding carboxylic acids is 2. The Morgan fingerprint density at radius 2 is 1.90 bits per heavy atom. The van der Waals surface area contributed by atoms with Crippen LogP contribution in [0.4, 0.5) is 13.2 Å². The summed E-state index contributed by atoms with van der Waals surface area (Å²) in [5, 5.41) is 0.260. The largest absolute Gasteiger partial charge is 0.462 e. The highest BCUT2D eigenvalue weighted by Crippen LogP contribution is 2.27.